The zero-order chi connectivity index (χ0) is 13.9. The van der Waals surface area contributed by atoms with Gasteiger partial charge in [0, 0.05) is 17.5 Å². The maximum absolute atomic E-state index is 5.65. The first-order valence-electron chi connectivity index (χ1n) is 7.86. The summed E-state index contributed by atoms with van der Waals surface area (Å²) in [4.78, 5) is 0. The van der Waals surface area contributed by atoms with E-state index in [2.05, 4.69) is 42.7 Å². The van der Waals surface area contributed by atoms with Crippen LogP contribution in [-0.2, 0) is 6.42 Å². The Morgan fingerprint density at radius 2 is 2.15 bits per heavy atom. The van der Waals surface area contributed by atoms with Gasteiger partial charge in [0.1, 0.15) is 5.75 Å². The summed E-state index contributed by atoms with van der Waals surface area (Å²) < 4.78 is 5.65. The average molecular weight is 271 g/mol. The maximum Gasteiger partial charge on any atom is 0.122 e. The third-order valence-corrected chi connectivity index (χ3v) is 4.72. The van der Waals surface area contributed by atoms with E-state index in [-0.39, 0.29) is 0 Å². The van der Waals surface area contributed by atoms with Gasteiger partial charge in [0.15, 0.2) is 0 Å². The highest BCUT2D eigenvalue weighted by Crippen LogP contribution is 2.46. The number of nitrogens with one attached hydrogen (secondary N) is 1. The highest BCUT2D eigenvalue weighted by molar-refractivity contribution is 5.45. The van der Waals surface area contributed by atoms with Crippen molar-refractivity contribution >= 4 is 0 Å². The summed E-state index contributed by atoms with van der Waals surface area (Å²) in [5.41, 5.74) is 2.96. The minimum absolute atomic E-state index is 0.551. The van der Waals surface area contributed by atoms with Gasteiger partial charge in [0.05, 0.1) is 7.11 Å². The van der Waals surface area contributed by atoms with Gasteiger partial charge in [-0.05, 0) is 49.9 Å². The van der Waals surface area contributed by atoms with Crippen molar-refractivity contribution in [1.29, 1.82) is 0 Å². The summed E-state index contributed by atoms with van der Waals surface area (Å²) in [6, 6.07) is 7.09. The largest absolute Gasteiger partial charge is 0.496 e. The molecule has 0 unspecified atom stereocenters. The number of methoxy groups -OCH3 is 1. The van der Waals surface area contributed by atoms with Crippen molar-refractivity contribution < 1.29 is 4.74 Å². The molecule has 0 amide bonds. The lowest BCUT2D eigenvalue weighted by atomic mass is 9.76. The van der Waals surface area contributed by atoms with Crippen molar-refractivity contribution in [3.05, 3.63) is 41.6 Å². The van der Waals surface area contributed by atoms with Crippen LogP contribution in [0.5, 0.6) is 5.75 Å². The SMILES string of the molecule is C/C=C\N[C@H]1CCc2cccc(OC)c2[C@@H]1CC1CC1. The number of allylic oxidation sites excluding steroid dienone is 1. The van der Waals surface area contributed by atoms with E-state index < -0.39 is 0 Å². The molecule has 1 aromatic carbocycles. The van der Waals surface area contributed by atoms with Gasteiger partial charge in [-0.2, -0.15) is 0 Å². The van der Waals surface area contributed by atoms with Gasteiger partial charge in [0.25, 0.3) is 0 Å². The molecular formula is C18H25NO. The second-order valence-corrected chi connectivity index (χ2v) is 6.13. The Balaban J connectivity index is 1.92. The smallest absolute Gasteiger partial charge is 0.122 e. The second kappa shape index (κ2) is 5.90. The van der Waals surface area contributed by atoms with E-state index in [1.54, 1.807) is 7.11 Å². The maximum atomic E-state index is 5.65. The van der Waals surface area contributed by atoms with Crippen LogP contribution < -0.4 is 10.1 Å². The monoisotopic (exact) mass is 271 g/mol. The van der Waals surface area contributed by atoms with Crippen LogP contribution in [0, 0.1) is 5.92 Å². The van der Waals surface area contributed by atoms with Crippen LogP contribution in [0.1, 0.15) is 49.7 Å². The third-order valence-electron chi connectivity index (χ3n) is 4.72. The van der Waals surface area contributed by atoms with Gasteiger partial charge in [-0.3, -0.25) is 0 Å². The molecule has 2 atom stereocenters. The van der Waals surface area contributed by atoms with Crippen LogP contribution in [0.4, 0.5) is 0 Å². The Labute approximate surface area is 122 Å². The molecule has 0 radical (unpaired) electrons. The molecule has 108 valence electrons. The topological polar surface area (TPSA) is 21.3 Å². The summed E-state index contributed by atoms with van der Waals surface area (Å²) in [6.07, 6.45) is 10.7. The van der Waals surface area contributed by atoms with Gasteiger partial charge in [-0.15, -0.1) is 0 Å². The number of aryl methyl sites for hydroxylation is 1. The molecule has 1 saturated carbocycles. The van der Waals surface area contributed by atoms with E-state index in [1.165, 1.54) is 36.8 Å². The number of hydrogen-bond acceptors (Lipinski definition) is 2. The van der Waals surface area contributed by atoms with E-state index in [0.29, 0.717) is 12.0 Å². The fourth-order valence-electron chi connectivity index (χ4n) is 3.53. The van der Waals surface area contributed by atoms with Crippen LogP contribution in [0.25, 0.3) is 0 Å². The van der Waals surface area contributed by atoms with Gasteiger partial charge in [-0.1, -0.05) is 31.1 Å². The zero-order valence-corrected chi connectivity index (χ0v) is 12.6. The first kappa shape index (κ1) is 13.5. The molecule has 20 heavy (non-hydrogen) atoms. The first-order valence-corrected chi connectivity index (χ1v) is 7.86. The molecule has 0 spiro atoms. The molecule has 0 bridgehead atoms. The van der Waals surface area contributed by atoms with Crippen LogP contribution in [0.3, 0.4) is 0 Å². The number of hydrogen-bond donors (Lipinski definition) is 1. The number of benzene rings is 1. The van der Waals surface area contributed by atoms with Crippen LogP contribution in [-0.4, -0.2) is 13.2 Å². The molecule has 0 heterocycles. The molecule has 0 saturated heterocycles. The fourth-order valence-corrected chi connectivity index (χ4v) is 3.53. The molecule has 1 aromatic rings. The molecule has 3 rings (SSSR count). The molecule has 2 nitrogen and oxygen atoms in total. The highest BCUT2D eigenvalue weighted by Gasteiger charge is 2.35. The lowest BCUT2D eigenvalue weighted by molar-refractivity contribution is 0.358. The Hall–Kier alpha value is -1.44. The van der Waals surface area contributed by atoms with Gasteiger partial charge in [0.2, 0.25) is 0 Å². The number of rotatable bonds is 5. The molecule has 2 heteroatoms. The Bertz CT molecular complexity index is 476. The van der Waals surface area contributed by atoms with E-state index in [0.717, 1.165) is 18.1 Å². The minimum atomic E-state index is 0.551. The predicted octanol–water partition coefficient (Wildman–Crippen LogP) is 4.02. The number of ether oxygens (including phenoxy) is 1. The van der Waals surface area contributed by atoms with Gasteiger partial charge < -0.3 is 10.1 Å². The summed E-state index contributed by atoms with van der Waals surface area (Å²) in [5.74, 6) is 2.62. The first-order chi connectivity index (χ1) is 9.83. The summed E-state index contributed by atoms with van der Waals surface area (Å²) in [6.45, 7) is 2.07. The van der Waals surface area contributed by atoms with Crippen molar-refractivity contribution in [2.24, 2.45) is 5.92 Å². The van der Waals surface area contributed by atoms with Crippen LogP contribution in [0.2, 0.25) is 0 Å². The van der Waals surface area contributed by atoms with Crippen LogP contribution in [0.15, 0.2) is 30.5 Å². The van der Waals surface area contributed by atoms with E-state index >= 15 is 0 Å². The Kier molecular flexibility index (Phi) is 4.00. The highest BCUT2D eigenvalue weighted by atomic mass is 16.5. The predicted molar refractivity (Wildman–Crippen MR) is 83.1 cm³/mol. The zero-order valence-electron chi connectivity index (χ0n) is 12.6. The Morgan fingerprint density at radius 1 is 1.30 bits per heavy atom. The molecule has 1 N–H and O–H groups in total. The quantitative estimate of drug-likeness (QED) is 0.873. The van der Waals surface area contributed by atoms with Gasteiger partial charge >= 0.3 is 0 Å². The number of fused-ring (bicyclic) bond motifs is 1. The average Bonchev–Trinajstić information content (AvgIpc) is 3.29. The van der Waals surface area contributed by atoms with E-state index in [4.69, 9.17) is 4.74 Å². The second-order valence-electron chi connectivity index (χ2n) is 6.13. The Morgan fingerprint density at radius 3 is 2.85 bits per heavy atom. The standard InChI is InChI=1S/C18H25NO/c1-3-11-19-16-10-9-14-5-4-6-17(20-2)18(14)15(16)12-13-7-8-13/h3-6,11,13,15-16,19H,7-10,12H2,1-2H3/b11-3-/t15-,16+/m1/s1. The molecule has 2 aliphatic rings. The molecule has 2 aliphatic carbocycles. The van der Waals surface area contributed by atoms with Crippen molar-refractivity contribution in [2.75, 3.05) is 7.11 Å². The third kappa shape index (κ3) is 2.70. The molecule has 0 aliphatic heterocycles. The fraction of sp³-hybridized carbons (Fsp3) is 0.556. The van der Waals surface area contributed by atoms with Crippen molar-refractivity contribution in [3.8, 4) is 5.75 Å². The van der Waals surface area contributed by atoms with Crippen molar-refractivity contribution in [1.82, 2.24) is 5.32 Å². The summed E-state index contributed by atoms with van der Waals surface area (Å²) in [5, 5.41) is 3.61. The normalized spacial score (nSPS) is 25.5. The van der Waals surface area contributed by atoms with Crippen LogP contribution >= 0.6 is 0 Å². The summed E-state index contributed by atoms with van der Waals surface area (Å²) in [7, 11) is 1.80. The van der Waals surface area contributed by atoms with E-state index in [9.17, 15) is 0 Å². The lowest BCUT2D eigenvalue weighted by Gasteiger charge is -2.35. The lowest BCUT2D eigenvalue weighted by Crippen LogP contribution is -2.36. The van der Waals surface area contributed by atoms with Crippen molar-refractivity contribution in [3.63, 3.8) is 0 Å². The minimum Gasteiger partial charge on any atom is -0.496 e. The molecular weight excluding hydrogens is 246 g/mol. The van der Waals surface area contributed by atoms with Crippen molar-refractivity contribution in [2.45, 2.75) is 51.0 Å². The molecule has 1 fully saturated rings. The molecule has 0 aromatic heterocycles. The van der Waals surface area contributed by atoms with E-state index in [1.807, 2.05) is 0 Å². The van der Waals surface area contributed by atoms with Gasteiger partial charge in [-0.25, -0.2) is 0 Å². The summed E-state index contributed by atoms with van der Waals surface area (Å²) >= 11 is 0.